The second kappa shape index (κ2) is 12.4. The van der Waals surface area contributed by atoms with Crippen molar-refractivity contribution in [2.24, 2.45) is 23.7 Å². The van der Waals surface area contributed by atoms with Crippen molar-refractivity contribution in [1.29, 1.82) is 0 Å². The SMILES string of the molecule is CC(C)C1=C2[C@@H](CC/C(=C/c3ccc(O)cc3Cl)c3ccccn3)OB(O)C[C@@H]2[C@@H]2C(=O)N(Cc3cccs3)C(=O)[C@@H]2C1. The van der Waals surface area contributed by atoms with Gasteiger partial charge in [-0.05, 0) is 102 Å². The molecule has 222 valence electrons. The molecular weight excluding hydrogens is 583 g/mol. The Kier molecular flexibility index (Phi) is 8.60. The topological polar surface area (TPSA) is 100.0 Å². The number of allylic oxidation sites excluding steroid dienone is 2. The Hall–Kier alpha value is -3.24. The summed E-state index contributed by atoms with van der Waals surface area (Å²) in [7, 11) is -1.03. The van der Waals surface area contributed by atoms with Gasteiger partial charge in [0.25, 0.3) is 0 Å². The van der Waals surface area contributed by atoms with Crippen molar-refractivity contribution in [3.05, 3.63) is 92.4 Å². The Morgan fingerprint density at radius 1 is 1.19 bits per heavy atom. The predicted molar refractivity (Wildman–Crippen MR) is 169 cm³/mol. The number of phenolic OH excluding ortho intramolecular Hbond substituents is 1. The lowest BCUT2D eigenvalue weighted by Gasteiger charge is -2.44. The summed E-state index contributed by atoms with van der Waals surface area (Å²) in [5.41, 5.74) is 4.71. The number of rotatable bonds is 8. The van der Waals surface area contributed by atoms with Gasteiger partial charge >= 0.3 is 7.12 Å². The summed E-state index contributed by atoms with van der Waals surface area (Å²) in [4.78, 5) is 34.5. The van der Waals surface area contributed by atoms with Crippen molar-refractivity contribution < 1.29 is 24.4 Å². The monoisotopic (exact) mass is 616 g/mol. The summed E-state index contributed by atoms with van der Waals surface area (Å²) in [5, 5.41) is 23.2. The third-order valence-corrected chi connectivity index (χ3v) is 10.1. The first-order valence-electron chi connectivity index (χ1n) is 14.8. The molecule has 0 bridgehead atoms. The number of benzene rings is 1. The van der Waals surface area contributed by atoms with E-state index in [0.29, 0.717) is 37.2 Å². The largest absolute Gasteiger partial charge is 0.508 e. The minimum Gasteiger partial charge on any atom is -0.508 e. The van der Waals surface area contributed by atoms with Crippen LogP contribution < -0.4 is 0 Å². The zero-order valence-electron chi connectivity index (χ0n) is 24.2. The highest BCUT2D eigenvalue weighted by Crippen LogP contribution is 2.52. The van der Waals surface area contributed by atoms with Crippen LogP contribution in [0.2, 0.25) is 11.3 Å². The molecule has 43 heavy (non-hydrogen) atoms. The van der Waals surface area contributed by atoms with Crippen LogP contribution in [0, 0.1) is 23.7 Å². The zero-order valence-corrected chi connectivity index (χ0v) is 25.7. The van der Waals surface area contributed by atoms with Crippen LogP contribution in [0.1, 0.15) is 49.2 Å². The average Bonchev–Trinajstić information content (AvgIpc) is 3.58. The minimum atomic E-state index is -1.03. The smallest absolute Gasteiger partial charge is 0.455 e. The van der Waals surface area contributed by atoms with Crippen LogP contribution in [-0.4, -0.2) is 45.1 Å². The second-order valence-electron chi connectivity index (χ2n) is 11.9. The Balaban J connectivity index is 1.32. The maximum absolute atomic E-state index is 13.8. The number of amides is 2. The van der Waals surface area contributed by atoms with Gasteiger partial charge < -0.3 is 14.8 Å². The molecule has 0 saturated carbocycles. The van der Waals surface area contributed by atoms with Crippen LogP contribution in [0.25, 0.3) is 11.6 Å². The fourth-order valence-corrected chi connectivity index (χ4v) is 7.89. The molecule has 2 fully saturated rings. The van der Waals surface area contributed by atoms with Gasteiger partial charge in [-0.25, -0.2) is 0 Å². The maximum atomic E-state index is 13.8. The molecule has 4 heterocycles. The first-order chi connectivity index (χ1) is 20.7. The lowest BCUT2D eigenvalue weighted by atomic mass is 9.57. The summed E-state index contributed by atoms with van der Waals surface area (Å²) in [6, 6.07) is 14.5. The summed E-state index contributed by atoms with van der Waals surface area (Å²) < 4.78 is 6.22. The van der Waals surface area contributed by atoms with E-state index in [-0.39, 0.29) is 29.4 Å². The first kappa shape index (κ1) is 29.8. The number of halogens is 1. The first-order valence-corrected chi connectivity index (χ1v) is 16.0. The van der Waals surface area contributed by atoms with Gasteiger partial charge in [0.15, 0.2) is 0 Å². The number of carbonyl (C=O) groups excluding carboxylic acids is 2. The zero-order chi connectivity index (χ0) is 30.2. The highest BCUT2D eigenvalue weighted by molar-refractivity contribution is 7.09. The molecular formula is C33H34BClN2O5S. The molecule has 10 heteroatoms. The van der Waals surface area contributed by atoms with Crippen molar-refractivity contribution >= 4 is 53.5 Å². The standard InChI is InChI=1S/C33H34BClN2O5S/c1-19(2)24-16-25-31(33(40)37(32(25)39)18-23-6-5-13-43-23)26-17-34(41)42-29(30(24)26)11-9-21(28-7-3-4-12-36-28)14-20-8-10-22(38)15-27(20)35/h3-8,10,12-15,19,25-26,29,31,38,41H,9,11,16-18H2,1-2H3/b21-14-/t25-,26+,29-,31-/m1/s1. The van der Waals surface area contributed by atoms with E-state index in [9.17, 15) is 19.7 Å². The third-order valence-electron chi connectivity index (χ3n) is 8.91. The van der Waals surface area contributed by atoms with E-state index in [0.717, 1.165) is 32.9 Å². The highest BCUT2D eigenvalue weighted by atomic mass is 35.5. The Bertz CT molecular complexity index is 1580. The fourth-order valence-electron chi connectivity index (χ4n) is 6.96. The van der Waals surface area contributed by atoms with Crippen molar-refractivity contribution in [1.82, 2.24) is 9.88 Å². The molecule has 1 aromatic carbocycles. The normalized spacial score (nSPS) is 24.2. The van der Waals surface area contributed by atoms with Crippen LogP contribution in [0.5, 0.6) is 5.75 Å². The molecule has 1 aliphatic carbocycles. The van der Waals surface area contributed by atoms with Crippen LogP contribution in [0.4, 0.5) is 0 Å². The van der Waals surface area contributed by atoms with Crippen molar-refractivity contribution in [2.75, 3.05) is 0 Å². The van der Waals surface area contributed by atoms with Crippen molar-refractivity contribution in [3.63, 3.8) is 0 Å². The fraction of sp³-hybridized carbons (Fsp3) is 0.364. The number of hydrogen-bond acceptors (Lipinski definition) is 7. The summed E-state index contributed by atoms with van der Waals surface area (Å²) in [5.74, 6) is -1.16. The summed E-state index contributed by atoms with van der Waals surface area (Å²) in [6.45, 7) is 4.54. The van der Waals surface area contributed by atoms with E-state index < -0.39 is 25.1 Å². The molecule has 3 aliphatic rings. The molecule has 0 radical (unpaired) electrons. The molecule has 2 N–H and O–H groups in total. The molecule has 3 aromatic rings. The van der Waals surface area contributed by atoms with Crippen LogP contribution >= 0.6 is 22.9 Å². The predicted octanol–water partition coefficient (Wildman–Crippen LogP) is 6.48. The number of aromatic nitrogens is 1. The number of thiophene rings is 1. The number of carbonyl (C=O) groups is 2. The quantitative estimate of drug-likeness (QED) is 0.171. The number of pyridine rings is 1. The van der Waals surface area contributed by atoms with Gasteiger partial charge in [-0.1, -0.05) is 43.2 Å². The van der Waals surface area contributed by atoms with Crippen LogP contribution in [0.3, 0.4) is 0 Å². The van der Waals surface area contributed by atoms with E-state index in [1.165, 1.54) is 22.3 Å². The average molecular weight is 617 g/mol. The molecule has 6 rings (SSSR count). The van der Waals surface area contributed by atoms with E-state index in [1.807, 2.05) is 41.8 Å². The number of aromatic hydroxyl groups is 1. The Morgan fingerprint density at radius 2 is 2.02 bits per heavy atom. The van der Waals surface area contributed by atoms with Gasteiger partial charge in [-0.2, -0.15) is 0 Å². The summed E-state index contributed by atoms with van der Waals surface area (Å²) in [6.07, 6.45) is 5.24. The highest BCUT2D eigenvalue weighted by Gasteiger charge is 2.57. The number of phenols is 1. The molecule has 2 amide bonds. The number of nitrogens with zero attached hydrogens (tertiary/aromatic N) is 2. The van der Waals surface area contributed by atoms with E-state index in [4.69, 9.17) is 16.3 Å². The lowest BCUT2D eigenvalue weighted by molar-refractivity contribution is -0.140. The molecule has 2 aliphatic heterocycles. The van der Waals surface area contributed by atoms with E-state index in [2.05, 4.69) is 18.8 Å². The van der Waals surface area contributed by atoms with Crippen molar-refractivity contribution in [3.8, 4) is 5.75 Å². The molecule has 7 nitrogen and oxygen atoms in total. The van der Waals surface area contributed by atoms with Crippen LogP contribution in [0.15, 0.2) is 71.3 Å². The van der Waals surface area contributed by atoms with Gasteiger partial charge in [0.1, 0.15) is 5.75 Å². The molecule has 4 atom stereocenters. The minimum absolute atomic E-state index is 0.0924. The van der Waals surface area contributed by atoms with Gasteiger partial charge in [0, 0.05) is 11.1 Å². The van der Waals surface area contributed by atoms with E-state index in [1.54, 1.807) is 18.3 Å². The van der Waals surface area contributed by atoms with Gasteiger partial charge in [-0.15, -0.1) is 11.3 Å². The van der Waals surface area contributed by atoms with Gasteiger partial charge in [0.2, 0.25) is 11.8 Å². The molecule has 0 unspecified atom stereocenters. The van der Waals surface area contributed by atoms with E-state index >= 15 is 0 Å². The van der Waals surface area contributed by atoms with Gasteiger partial charge in [-0.3, -0.25) is 19.5 Å². The lowest BCUT2D eigenvalue weighted by Crippen LogP contribution is -2.46. The molecule has 2 aromatic heterocycles. The molecule has 2 saturated heterocycles. The third kappa shape index (κ3) is 5.96. The Labute approximate surface area is 261 Å². The van der Waals surface area contributed by atoms with Gasteiger partial charge in [0.05, 0.1) is 35.2 Å². The van der Waals surface area contributed by atoms with Crippen LogP contribution in [-0.2, 0) is 20.8 Å². The second-order valence-corrected chi connectivity index (χ2v) is 13.3. The van der Waals surface area contributed by atoms with Crippen molar-refractivity contribution in [2.45, 2.75) is 52.1 Å². The number of likely N-dealkylation sites (tertiary alicyclic amines) is 1. The maximum Gasteiger partial charge on any atom is 0.455 e. The Morgan fingerprint density at radius 3 is 2.72 bits per heavy atom. The number of hydrogen-bond donors (Lipinski definition) is 2. The number of imide groups is 1. The number of fused-ring (bicyclic) bond motifs is 3. The molecule has 0 spiro atoms. The summed E-state index contributed by atoms with van der Waals surface area (Å²) >= 11 is 7.99.